The molecule has 0 bridgehead atoms. The predicted molar refractivity (Wildman–Crippen MR) is 129 cm³/mol. The smallest absolute Gasteiger partial charge is 0.261 e. The van der Waals surface area contributed by atoms with Gasteiger partial charge >= 0.3 is 0 Å². The van der Waals surface area contributed by atoms with Crippen molar-refractivity contribution in [1.82, 2.24) is 19.9 Å². The van der Waals surface area contributed by atoms with Crippen LogP contribution in [-0.2, 0) is 4.74 Å². The van der Waals surface area contributed by atoms with E-state index >= 15 is 0 Å². The molecule has 172 valence electrons. The lowest BCUT2D eigenvalue weighted by atomic mass is 10.1. The predicted octanol–water partition coefficient (Wildman–Crippen LogP) is 2.95. The highest BCUT2D eigenvalue weighted by Crippen LogP contribution is 2.31. The van der Waals surface area contributed by atoms with Crippen molar-refractivity contribution in [2.45, 2.75) is 12.5 Å². The average molecular weight is 451 g/mol. The first kappa shape index (κ1) is 21.4. The number of rotatable bonds is 4. The molecule has 0 aliphatic carbocycles. The summed E-state index contributed by atoms with van der Waals surface area (Å²) in [5, 5.41) is 0.185. The number of anilines is 2. The molecule has 3 heterocycles. The summed E-state index contributed by atoms with van der Waals surface area (Å²) in [5.74, 6) is -0.174. The zero-order chi connectivity index (χ0) is 23.1. The van der Waals surface area contributed by atoms with E-state index in [0.29, 0.717) is 16.9 Å². The summed E-state index contributed by atoms with van der Waals surface area (Å²) in [6.07, 6.45) is 1.08. The van der Waals surface area contributed by atoms with E-state index in [0.717, 1.165) is 43.9 Å². The number of ether oxygens (including phenoxy) is 1. The summed E-state index contributed by atoms with van der Waals surface area (Å²) in [4.78, 5) is 27.7. The van der Waals surface area contributed by atoms with Gasteiger partial charge in [-0.05, 0) is 50.8 Å². The van der Waals surface area contributed by atoms with Gasteiger partial charge in [-0.1, -0.05) is 6.07 Å². The third kappa shape index (κ3) is 4.05. The normalized spacial score (nSPS) is 17.2. The van der Waals surface area contributed by atoms with Crippen LogP contribution in [0.1, 0.15) is 6.42 Å². The molecule has 1 atom stereocenters. The number of likely N-dealkylation sites (N-methyl/N-ethyl adjacent to an activating group) is 1. The second-order valence-corrected chi connectivity index (χ2v) is 8.75. The average Bonchev–Trinajstić information content (AvgIpc) is 3.03. The van der Waals surface area contributed by atoms with Crippen molar-refractivity contribution in [3.8, 4) is 11.4 Å². The van der Waals surface area contributed by atoms with Gasteiger partial charge in [-0.15, -0.1) is 0 Å². The van der Waals surface area contributed by atoms with Gasteiger partial charge in [0, 0.05) is 31.9 Å². The fourth-order valence-corrected chi connectivity index (χ4v) is 4.53. The Morgan fingerprint density at radius 1 is 1.24 bits per heavy atom. The van der Waals surface area contributed by atoms with Crippen molar-refractivity contribution in [3.63, 3.8) is 0 Å². The summed E-state index contributed by atoms with van der Waals surface area (Å²) < 4.78 is 20.4. The Balaban J connectivity index is 1.53. The summed E-state index contributed by atoms with van der Waals surface area (Å²) >= 11 is 0. The lowest BCUT2D eigenvalue weighted by Gasteiger charge is -2.27. The number of pyridine rings is 1. The lowest BCUT2D eigenvalue weighted by molar-refractivity contribution is 0.0505. The number of nitrogens with two attached hydrogens (primary N) is 1. The van der Waals surface area contributed by atoms with Crippen LogP contribution in [-0.4, -0.2) is 66.3 Å². The first-order valence-corrected chi connectivity index (χ1v) is 11.0. The number of halogens is 1. The molecule has 9 heteroatoms. The SMILES string of the molecule is CN(C)CC1CN(c2ccc3nc(-c4c(N)c5c(F)cccc5[nH]c4=O)[nH]c3c2)CCCO1. The highest BCUT2D eigenvalue weighted by Gasteiger charge is 2.21. The Hall–Kier alpha value is -3.43. The largest absolute Gasteiger partial charge is 0.397 e. The fraction of sp³-hybridized carbons (Fsp3) is 0.333. The molecule has 1 saturated heterocycles. The number of H-pyrrole nitrogens is 2. The summed E-state index contributed by atoms with van der Waals surface area (Å²) in [7, 11) is 4.09. The van der Waals surface area contributed by atoms with Gasteiger partial charge in [-0.2, -0.15) is 0 Å². The van der Waals surface area contributed by atoms with E-state index in [4.69, 9.17) is 10.5 Å². The Morgan fingerprint density at radius 3 is 2.91 bits per heavy atom. The van der Waals surface area contributed by atoms with Crippen molar-refractivity contribution in [1.29, 1.82) is 0 Å². The van der Waals surface area contributed by atoms with Crippen LogP contribution in [0.2, 0.25) is 0 Å². The van der Waals surface area contributed by atoms with Gasteiger partial charge in [0.15, 0.2) is 0 Å². The molecule has 1 aliphatic rings. The Bertz CT molecular complexity index is 1380. The summed E-state index contributed by atoms with van der Waals surface area (Å²) in [6.45, 7) is 3.29. The number of hydrogen-bond acceptors (Lipinski definition) is 6. The highest BCUT2D eigenvalue weighted by molar-refractivity contribution is 5.98. The molecular weight excluding hydrogens is 423 g/mol. The first-order chi connectivity index (χ1) is 15.9. The zero-order valence-electron chi connectivity index (χ0n) is 18.7. The number of aromatic amines is 2. The van der Waals surface area contributed by atoms with Crippen molar-refractivity contribution in [2.24, 2.45) is 0 Å². The van der Waals surface area contributed by atoms with E-state index < -0.39 is 11.4 Å². The van der Waals surface area contributed by atoms with Crippen molar-refractivity contribution in [3.05, 3.63) is 52.6 Å². The van der Waals surface area contributed by atoms with Gasteiger partial charge in [0.05, 0.1) is 33.7 Å². The van der Waals surface area contributed by atoms with E-state index in [1.165, 1.54) is 12.1 Å². The van der Waals surface area contributed by atoms with E-state index in [9.17, 15) is 9.18 Å². The number of fused-ring (bicyclic) bond motifs is 2. The molecule has 1 fully saturated rings. The van der Waals surface area contributed by atoms with E-state index in [-0.39, 0.29) is 22.7 Å². The van der Waals surface area contributed by atoms with Crippen LogP contribution in [0.3, 0.4) is 0 Å². The maximum absolute atomic E-state index is 14.4. The molecule has 33 heavy (non-hydrogen) atoms. The van der Waals surface area contributed by atoms with E-state index in [2.05, 4.69) is 24.8 Å². The van der Waals surface area contributed by atoms with Crippen LogP contribution in [0, 0.1) is 5.82 Å². The fourth-order valence-electron chi connectivity index (χ4n) is 4.53. The number of nitrogen functional groups attached to an aromatic ring is 1. The molecule has 2 aromatic heterocycles. The van der Waals surface area contributed by atoms with Crippen LogP contribution in [0.4, 0.5) is 15.8 Å². The molecule has 5 rings (SSSR count). The van der Waals surface area contributed by atoms with Crippen molar-refractivity contribution < 1.29 is 9.13 Å². The molecule has 4 N–H and O–H groups in total. The van der Waals surface area contributed by atoms with Gasteiger partial charge in [0.1, 0.15) is 17.2 Å². The van der Waals surface area contributed by atoms with Crippen molar-refractivity contribution >= 4 is 33.3 Å². The lowest BCUT2D eigenvalue weighted by Crippen LogP contribution is -2.37. The number of hydrogen-bond donors (Lipinski definition) is 3. The van der Waals surface area contributed by atoms with Crippen LogP contribution in [0.15, 0.2) is 41.2 Å². The second kappa shape index (κ2) is 8.49. The second-order valence-electron chi connectivity index (χ2n) is 8.75. The number of aromatic nitrogens is 3. The molecule has 1 aliphatic heterocycles. The molecule has 2 aromatic carbocycles. The van der Waals surface area contributed by atoms with Crippen LogP contribution >= 0.6 is 0 Å². The molecule has 0 amide bonds. The molecule has 4 aromatic rings. The maximum Gasteiger partial charge on any atom is 0.261 e. The molecule has 0 spiro atoms. The number of benzene rings is 2. The maximum atomic E-state index is 14.4. The topological polar surface area (TPSA) is 103 Å². The molecule has 8 nitrogen and oxygen atoms in total. The van der Waals surface area contributed by atoms with Gasteiger partial charge in [-0.25, -0.2) is 9.37 Å². The van der Waals surface area contributed by atoms with Crippen LogP contribution in [0.5, 0.6) is 0 Å². The monoisotopic (exact) mass is 450 g/mol. The Morgan fingerprint density at radius 2 is 2.09 bits per heavy atom. The minimum Gasteiger partial charge on any atom is -0.397 e. The quantitative estimate of drug-likeness (QED) is 0.442. The van der Waals surface area contributed by atoms with Gasteiger partial charge in [0.2, 0.25) is 0 Å². The standard InChI is InChI=1S/C24H27FN6O2/c1-30(2)12-15-13-31(9-4-10-33-15)14-7-8-17-19(11-14)28-23(27-17)21-22(26)20-16(25)5-3-6-18(20)29-24(21)32/h3,5-8,11,15H,4,9-10,12-13H2,1-2H3,(H,27,28)(H3,26,29,32). The van der Waals surface area contributed by atoms with E-state index in [1.807, 2.05) is 32.3 Å². The zero-order valence-corrected chi connectivity index (χ0v) is 18.7. The summed E-state index contributed by atoms with van der Waals surface area (Å²) in [5.41, 5.74) is 8.94. The molecule has 0 radical (unpaired) electrons. The number of nitrogens with one attached hydrogen (secondary N) is 2. The van der Waals surface area contributed by atoms with Gasteiger partial charge in [0.25, 0.3) is 5.56 Å². The minimum atomic E-state index is -0.489. The van der Waals surface area contributed by atoms with Gasteiger partial charge < -0.3 is 30.2 Å². The Kier molecular flexibility index (Phi) is 5.51. The van der Waals surface area contributed by atoms with Gasteiger partial charge in [-0.3, -0.25) is 4.79 Å². The van der Waals surface area contributed by atoms with Crippen LogP contribution in [0.25, 0.3) is 33.3 Å². The number of nitrogens with zero attached hydrogens (tertiary/aromatic N) is 3. The van der Waals surface area contributed by atoms with E-state index in [1.54, 1.807) is 6.07 Å². The summed E-state index contributed by atoms with van der Waals surface area (Å²) in [6, 6.07) is 10.4. The Labute approximate surface area is 190 Å². The highest BCUT2D eigenvalue weighted by atomic mass is 19.1. The molecular formula is C24H27FN6O2. The number of imidazole rings is 1. The first-order valence-electron chi connectivity index (χ1n) is 11.0. The molecule has 1 unspecified atom stereocenters. The van der Waals surface area contributed by atoms with Crippen molar-refractivity contribution in [2.75, 3.05) is 51.0 Å². The molecule has 0 saturated carbocycles. The van der Waals surface area contributed by atoms with Crippen LogP contribution < -0.4 is 16.2 Å². The third-order valence-corrected chi connectivity index (χ3v) is 6.01. The third-order valence-electron chi connectivity index (χ3n) is 6.01. The minimum absolute atomic E-state index is 0.0716.